The van der Waals surface area contributed by atoms with Crippen molar-refractivity contribution in [1.29, 1.82) is 0 Å². The largest absolute Gasteiger partial charge is 0.296 e. The Labute approximate surface area is 88.8 Å². The number of pyridine rings is 1. The molecule has 0 saturated carbocycles. The first-order valence-electron chi connectivity index (χ1n) is 3.58. The Morgan fingerprint density at radius 3 is 2.64 bits per heavy atom. The molecule has 0 atom stereocenters. The zero-order valence-corrected chi connectivity index (χ0v) is 8.32. The predicted molar refractivity (Wildman–Crippen MR) is 49.1 cm³/mol. The maximum absolute atomic E-state index is 12.3. The number of hydrogen-bond acceptors (Lipinski definition) is 2. The van der Waals surface area contributed by atoms with Crippen molar-refractivity contribution < 1.29 is 13.6 Å². The van der Waals surface area contributed by atoms with E-state index in [0.29, 0.717) is 6.29 Å². The fourth-order valence-corrected chi connectivity index (χ4v) is 1.37. The molecule has 14 heavy (non-hydrogen) atoms. The number of carbonyl (C=O) groups is 1. The summed E-state index contributed by atoms with van der Waals surface area (Å²) in [6, 6.07) is 1.09. The monoisotopic (exact) mass is 239 g/mol. The van der Waals surface area contributed by atoms with Crippen LogP contribution >= 0.6 is 23.2 Å². The van der Waals surface area contributed by atoms with Crippen molar-refractivity contribution >= 4 is 29.5 Å². The first kappa shape index (κ1) is 11.3. The molecule has 0 aliphatic heterocycles. The molecular formula is C8H5Cl2F2NO. The van der Waals surface area contributed by atoms with E-state index in [2.05, 4.69) is 4.98 Å². The van der Waals surface area contributed by atoms with Gasteiger partial charge in [0.05, 0.1) is 5.56 Å². The molecule has 1 heterocycles. The summed E-state index contributed by atoms with van der Waals surface area (Å²) in [6.45, 7) is 0. The normalized spacial score (nSPS) is 10.6. The fourth-order valence-electron chi connectivity index (χ4n) is 0.925. The Kier molecular flexibility index (Phi) is 3.77. The molecule has 0 aromatic carbocycles. The highest BCUT2D eigenvalue weighted by molar-refractivity contribution is 6.30. The fraction of sp³-hybridized carbons (Fsp3) is 0.250. The van der Waals surface area contributed by atoms with Crippen LogP contribution in [0.4, 0.5) is 8.78 Å². The summed E-state index contributed by atoms with van der Waals surface area (Å²) in [5.41, 5.74) is -0.163. The minimum atomic E-state index is -2.72. The van der Waals surface area contributed by atoms with E-state index in [1.165, 1.54) is 0 Å². The second-order valence-corrected chi connectivity index (χ2v) is 3.09. The lowest BCUT2D eigenvalue weighted by atomic mass is 10.1. The van der Waals surface area contributed by atoms with Crippen LogP contribution in [0.3, 0.4) is 0 Å². The number of aromatic nitrogens is 1. The number of aldehydes is 1. The zero-order chi connectivity index (χ0) is 10.7. The smallest absolute Gasteiger partial charge is 0.266 e. The Balaban J connectivity index is 3.30. The molecule has 6 heteroatoms. The maximum Gasteiger partial charge on any atom is 0.266 e. The van der Waals surface area contributed by atoms with Gasteiger partial charge in [-0.25, -0.2) is 13.8 Å². The molecule has 1 rings (SSSR count). The predicted octanol–water partition coefficient (Wildman–Crippen LogP) is 3.22. The molecule has 0 aliphatic rings. The van der Waals surface area contributed by atoms with Crippen LogP contribution in [0.15, 0.2) is 6.07 Å². The van der Waals surface area contributed by atoms with Gasteiger partial charge < -0.3 is 0 Å². The van der Waals surface area contributed by atoms with Crippen LogP contribution in [0.5, 0.6) is 0 Å². The van der Waals surface area contributed by atoms with Crippen molar-refractivity contribution in [3.05, 3.63) is 28.0 Å². The minimum absolute atomic E-state index is 0.00519. The van der Waals surface area contributed by atoms with Gasteiger partial charge >= 0.3 is 0 Å². The van der Waals surface area contributed by atoms with E-state index in [0.717, 1.165) is 6.07 Å². The molecule has 76 valence electrons. The number of halogens is 4. The molecule has 1 aromatic rings. The van der Waals surface area contributed by atoms with Crippen molar-refractivity contribution in [3.63, 3.8) is 0 Å². The third kappa shape index (κ3) is 2.19. The quantitative estimate of drug-likeness (QED) is 0.461. The number of nitrogens with zero attached hydrogens (tertiary/aromatic N) is 1. The van der Waals surface area contributed by atoms with Gasteiger partial charge in [-0.2, -0.15) is 0 Å². The molecule has 2 nitrogen and oxygen atoms in total. The molecule has 0 amide bonds. The average Bonchev–Trinajstić information content (AvgIpc) is 2.16. The van der Waals surface area contributed by atoms with Gasteiger partial charge in [-0.1, -0.05) is 11.6 Å². The third-order valence-corrected chi connectivity index (χ3v) is 2.20. The van der Waals surface area contributed by atoms with E-state index < -0.39 is 12.0 Å². The van der Waals surface area contributed by atoms with Crippen LogP contribution in [-0.4, -0.2) is 11.3 Å². The van der Waals surface area contributed by atoms with Crippen LogP contribution in [0, 0.1) is 0 Å². The van der Waals surface area contributed by atoms with Gasteiger partial charge in [0.15, 0.2) is 6.29 Å². The Morgan fingerprint density at radius 2 is 2.21 bits per heavy atom. The molecule has 0 spiro atoms. The molecule has 0 unspecified atom stereocenters. The molecule has 0 saturated heterocycles. The third-order valence-electron chi connectivity index (χ3n) is 1.61. The van der Waals surface area contributed by atoms with E-state index in [4.69, 9.17) is 23.2 Å². The van der Waals surface area contributed by atoms with Gasteiger partial charge in [-0.3, -0.25) is 4.79 Å². The van der Waals surface area contributed by atoms with E-state index in [1.54, 1.807) is 0 Å². The molecule has 0 N–H and O–H groups in total. The lowest BCUT2D eigenvalue weighted by Gasteiger charge is -2.06. The molecule has 0 bridgehead atoms. The van der Waals surface area contributed by atoms with E-state index in [-0.39, 0.29) is 22.3 Å². The molecule has 0 fully saturated rings. The first-order chi connectivity index (χ1) is 6.60. The topological polar surface area (TPSA) is 30.0 Å². The summed E-state index contributed by atoms with van der Waals surface area (Å²) in [4.78, 5) is 14.0. The van der Waals surface area contributed by atoms with E-state index in [9.17, 15) is 13.6 Å². The van der Waals surface area contributed by atoms with Gasteiger partial charge in [-0.05, 0) is 11.6 Å². The van der Waals surface area contributed by atoms with Gasteiger partial charge in [0, 0.05) is 5.88 Å². The summed E-state index contributed by atoms with van der Waals surface area (Å²) in [5.74, 6) is -0.0576. The highest BCUT2D eigenvalue weighted by Crippen LogP contribution is 2.27. The van der Waals surface area contributed by atoms with E-state index >= 15 is 0 Å². The lowest BCUT2D eigenvalue weighted by molar-refractivity contribution is 0.111. The Hall–Kier alpha value is -0.740. The van der Waals surface area contributed by atoms with Crippen LogP contribution < -0.4 is 0 Å². The van der Waals surface area contributed by atoms with Gasteiger partial charge in [-0.15, -0.1) is 11.6 Å². The summed E-state index contributed by atoms with van der Waals surface area (Å²) < 4.78 is 24.6. The summed E-state index contributed by atoms with van der Waals surface area (Å²) in [5, 5.41) is -0.365. The van der Waals surface area contributed by atoms with Crippen LogP contribution in [0.1, 0.15) is 28.0 Å². The zero-order valence-electron chi connectivity index (χ0n) is 6.81. The molecule has 0 aliphatic carbocycles. The van der Waals surface area contributed by atoms with Crippen LogP contribution in [0.25, 0.3) is 0 Å². The van der Waals surface area contributed by atoms with Crippen LogP contribution in [0.2, 0.25) is 5.15 Å². The standard InChI is InChI=1S/C8H5Cl2F2NO/c9-2-4-1-5(8(11)12)7(10)13-6(4)3-14/h1,3,8H,2H2. The first-order valence-corrected chi connectivity index (χ1v) is 4.50. The number of carbonyl (C=O) groups excluding carboxylic acids is 1. The lowest BCUT2D eigenvalue weighted by Crippen LogP contribution is -1.99. The number of rotatable bonds is 3. The maximum atomic E-state index is 12.3. The van der Waals surface area contributed by atoms with Gasteiger partial charge in [0.25, 0.3) is 6.43 Å². The van der Waals surface area contributed by atoms with Crippen molar-refractivity contribution in [1.82, 2.24) is 4.98 Å². The molecule has 0 radical (unpaired) electrons. The minimum Gasteiger partial charge on any atom is -0.296 e. The van der Waals surface area contributed by atoms with Crippen molar-refractivity contribution in [3.8, 4) is 0 Å². The second kappa shape index (κ2) is 4.66. The Morgan fingerprint density at radius 1 is 1.57 bits per heavy atom. The van der Waals surface area contributed by atoms with Gasteiger partial charge in [0.1, 0.15) is 10.8 Å². The molecule has 1 aromatic heterocycles. The van der Waals surface area contributed by atoms with Crippen molar-refractivity contribution in [2.75, 3.05) is 0 Å². The van der Waals surface area contributed by atoms with Crippen LogP contribution in [-0.2, 0) is 5.88 Å². The van der Waals surface area contributed by atoms with Crippen molar-refractivity contribution in [2.24, 2.45) is 0 Å². The van der Waals surface area contributed by atoms with Gasteiger partial charge in [0.2, 0.25) is 0 Å². The number of hydrogen-bond donors (Lipinski definition) is 0. The Bertz CT molecular complexity index is 357. The van der Waals surface area contributed by atoms with E-state index in [1.807, 2.05) is 0 Å². The molecular weight excluding hydrogens is 235 g/mol. The average molecular weight is 240 g/mol. The summed E-state index contributed by atoms with van der Waals surface area (Å²) in [7, 11) is 0. The SMILES string of the molecule is O=Cc1nc(Cl)c(C(F)F)cc1CCl. The highest BCUT2D eigenvalue weighted by atomic mass is 35.5. The van der Waals surface area contributed by atoms with Crippen molar-refractivity contribution in [2.45, 2.75) is 12.3 Å². The summed E-state index contributed by atoms with van der Waals surface area (Å²) in [6.07, 6.45) is -2.29. The second-order valence-electron chi connectivity index (χ2n) is 2.46. The highest BCUT2D eigenvalue weighted by Gasteiger charge is 2.16. The number of alkyl halides is 3. The summed E-state index contributed by atoms with van der Waals surface area (Å²) >= 11 is 10.9.